The number of carbonyl (C=O) groups is 3. The summed E-state index contributed by atoms with van der Waals surface area (Å²) < 4.78 is 57.4. The van der Waals surface area contributed by atoms with E-state index in [0.29, 0.717) is 154 Å². The summed E-state index contributed by atoms with van der Waals surface area (Å²) >= 11 is 7.23. The maximum atomic E-state index is 16.9. The average molecular weight is 1770 g/mol. The molecule has 15 aromatic rings. The van der Waals surface area contributed by atoms with Crippen molar-refractivity contribution in [1.82, 2.24) is 88.9 Å². The first-order valence-corrected chi connectivity index (χ1v) is 43.6. The number of pyridine rings is 3. The molecular weight excluding hydrogens is 1680 g/mol. The molecule has 30 nitrogen and oxygen atoms in total. The Balaban J connectivity index is 0.000000126. The number of aromatic amines is 3. The number of nitrogens with one attached hydrogen (secondary N) is 3. The largest absolute Gasteiger partial charge is 0.489 e. The summed E-state index contributed by atoms with van der Waals surface area (Å²) in [6.45, 7) is 34.9. The molecule has 15 heterocycles. The van der Waals surface area contributed by atoms with Gasteiger partial charge >= 0.3 is 17.1 Å². The molecule has 0 spiro atoms. The smallest absolute Gasteiger partial charge is 0.355 e. The number of rotatable bonds is 12. The zero-order valence-corrected chi connectivity index (χ0v) is 74.0. The normalized spacial score (nSPS) is 16.3. The molecule has 0 bridgehead atoms. The highest BCUT2D eigenvalue weighted by molar-refractivity contribution is 6.36. The molecule has 6 aromatic carbocycles. The lowest BCUT2D eigenvalue weighted by molar-refractivity contribution is -0.127. The Morgan fingerprint density at radius 2 is 0.762 bits per heavy atom. The summed E-state index contributed by atoms with van der Waals surface area (Å²) in [5.41, 5.74) is 12.5. The van der Waals surface area contributed by atoms with Crippen molar-refractivity contribution < 1.29 is 37.4 Å². The quantitative estimate of drug-likeness (QED) is 0.0957. The topological polar surface area (TPSA) is 328 Å². The molecule has 0 aliphatic carbocycles. The highest BCUT2D eigenvalue weighted by Gasteiger charge is 2.43. The number of halogens is 3. The van der Waals surface area contributed by atoms with Gasteiger partial charge in [0.25, 0.3) is 0 Å². The molecule has 6 aliphatic rings. The van der Waals surface area contributed by atoms with Gasteiger partial charge in [0.2, 0.25) is 17.7 Å². The fourth-order valence-electron chi connectivity index (χ4n) is 19.2. The molecule has 21 rings (SSSR count). The third-order valence-corrected chi connectivity index (χ3v) is 26.0. The number of aromatic nitrogens is 15. The Morgan fingerprint density at radius 1 is 0.423 bits per heavy atom. The van der Waals surface area contributed by atoms with E-state index in [2.05, 4.69) is 93.0 Å². The molecule has 3 unspecified atom stereocenters. The molecule has 3 fully saturated rings. The van der Waals surface area contributed by atoms with Crippen LogP contribution in [0.1, 0.15) is 98.2 Å². The lowest BCUT2D eigenvalue weighted by Gasteiger charge is -2.40. The number of anilines is 3. The number of para-hydroxylation sites is 3. The number of aryl methyl sites for hydroxylation is 4. The minimum Gasteiger partial charge on any atom is -0.489 e. The van der Waals surface area contributed by atoms with Gasteiger partial charge in [0.05, 0.1) is 76.0 Å². The van der Waals surface area contributed by atoms with E-state index in [-0.39, 0.29) is 108 Å². The Labute approximate surface area is 748 Å². The number of fused-ring (bicyclic) bond motifs is 9. The Kier molecular flexibility index (Phi) is 21.8. The molecule has 33 heteroatoms. The molecule has 0 saturated carbocycles. The molecule has 3 amide bonds. The van der Waals surface area contributed by atoms with Crippen LogP contribution in [0.3, 0.4) is 0 Å². The van der Waals surface area contributed by atoms with Gasteiger partial charge in [-0.05, 0) is 133 Å². The Morgan fingerprint density at radius 3 is 1.15 bits per heavy atom. The Hall–Kier alpha value is -14.8. The molecule has 0 radical (unpaired) electrons. The number of piperazine rings is 3. The molecule has 3 saturated heterocycles. The zero-order chi connectivity index (χ0) is 90.8. The molecule has 660 valence electrons. The number of hydrogen-bond acceptors (Lipinski definition) is 21. The van der Waals surface area contributed by atoms with Crippen molar-refractivity contribution in [3.8, 4) is 68.1 Å². The number of carbonyl (C=O) groups excluding carboxylic acids is 3. The fourth-order valence-corrected chi connectivity index (χ4v) is 19.5. The van der Waals surface area contributed by atoms with Gasteiger partial charge in [-0.3, -0.25) is 29.7 Å². The van der Waals surface area contributed by atoms with Crippen LogP contribution in [0.5, 0.6) is 17.2 Å². The van der Waals surface area contributed by atoms with Crippen LogP contribution >= 0.6 is 11.6 Å². The third kappa shape index (κ3) is 14.1. The zero-order valence-electron chi connectivity index (χ0n) is 73.2. The number of nitrogens with zero attached hydrogens (tertiary/aromatic N) is 18. The minimum atomic E-state index is -0.645. The van der Waals surface area contributed by atoms with Gasteiger partial charge in [-0.1, -0.05) is 146 Å². The van der Waals surface area contributed by atoms with Crippen LogP contribution in [-0.2, 0) is 14.4 Å². The number of ether oxygens (including phenoxy) is 3. The number of amides is 3. The third-order valence-electron chi connectivity index (χ3n) is 25.6. The Bertz CT molecular complexity index is 7190. The predicted octanol–water partition coefficient (Wildman–Crippen LogP) is 14.3. The van der Waals surface area contributed by atoms with Gasteiger partial charge in [-0.15, -0.1) is 0 Å². The van der Waals surface area contributed by atoms with Crippen molar-refractivity contribution in [1.29, 1.82) is 0 Å². The van der Waals surface area contributed by atoms with Gasteiger partial charge in [0, 0.05) is 91.8 Å². The van der Waals surface area contributed by atoms with Crippen molar-refractivity contribution >= 4 is 113 Å². The van der Waals surface area contributed by atoms with Gasteiger partial charge in [-0.25, -0.2) is 51.8 Å². The van der Waals surface area contributed by atoms with E-state index in [1.807, 2.05) is 159 Å². The van der Waals surface area contributed by atoms with Crippen LogP contribution in [0.4, 0.5) is 26.2 Å². The highest BCUT2D eigenvalue weighted by Crippen LogP contribution is 2.50. The van der Waals surface area contributed by atoms with Crippen LogP contribution in [0.25, 0.3) is 117 Å². The maximum absolute atomic E-state index is 16.9. The van der Waals surface area contributed by atoms with Crippen molar-refractivity contribution in [3.63, 3.8) is 0 Å². The first-order valence-electron chi connectivity index (χ1n) is 43.2. The molecule has 9 aromatic heterocycles. The number of hydrogen-bond donors (Lipinski definition) is 3. The van der Waals surface area contributed by atoms with Gasteiger partial charge < -0.3 is 43.6 Å². The molecule has 130 heavy (non-hydrogen) atoms. The van der Waals surface area contributed by atoms with Crippen molar-refractivity contribution in [2.45, 2.75) is 105 Å². The average Bonchev–Trinajstić information content (AvgIpc) is 1.37. The van der Waals surface area contributed by atoms with Crippen LogP contribution < -0.4 is 46.0 Å². The van der Waals surface area contributed by atoms with E-state index in [4.69, 9.17) is 40.8 Å². The minimum absolute atomic E-state index is 0.0168. The summed E-state index contributed by atoms with van der Waals surface area (Å²) in [5, 5.41) is 25.3. The molecule has 6 aliphatic heterocycles. The monoisotopic (exact) mass is 1770 g/mol. The van der Waals surface area contributed by atoms with E-state index < -0.39 is 28.7 Å². The summed E-state index contributed by atoms with van der Waals surface area (Å²) in [5.74, 6) is -0.0721. The number of H-pyrrole nitrogens is 3. The summed E-state index contributed by atoms with van der Waals surface area (Å²) in [6, 6.07) is 31.8. The SMILES string of the molecule is C=CC(=O)N1CCN2c3nc(=O)n(-c4c(C)cccc4C(C)C)c4nc(-c5c(C)ccc6[nH]ncc56)c(F)c(c34)OCC2C1.C=CC(=O)N1CCN2c3nc(=O)n(-c4ccccc4C(C)C)c4nc(-c5c(C)ccc6[nH]ncc56)c(Cl)c(c34)OCC2C1.C=CC(=O)N1CCN2c3nc(=O)n(-c4ccccc4C(C)C)c4nc(-c5c(C)ccc6[nH]ncc56)c(F)c(c34)OCC2C1. The molecule has 3 atom stereocenters. The van der Waals surface area contributed by atoms with Crippen LogP contribution in [0.2, 0.25) is 5.02 Å². The lowest BCUT2D eigenvalue weighted by Crippen LogP contribution is -2.56. The van der Waals surface area contributed by atoms with Gasteiger partial charge in [0.15, 0.2) is 45.8 Å². The second kappa shape index (κ2) is 33.4. The molecular formula is C97H92ClF2N21O9. The standard InChI is InChI=1S/C33H32FN7O3.C32H30ClN7O3.C32H30FN7O3/c1-6-24(42)39-12-13-40-20(15-39)16-44-30-26-31(40)37-33(43)41(29-19(5)8-7-9-21(29)17(2)3)32(26)36-28(27(30)34)25-18(4)10-11-23-22(25)14-35-38-23;2*1-5-24(41)38-12-13-39-19(15-38)16-43-29-26-30(39)36-32(42)40(23-9-7-6-8-20(23)17(2)3)31(26)35-28(27(29)33)25-18(4)10-11-22-21(25)14-34-37-22/h6-11,14,17,20H,1,12-13,15-16H2,2-5H3,(H,35,38);2*5-11,14,17,19H,1,12-13,15-16H2,2-4H3,(H,34,37). The molecule has 3 N–H and O–H groups in total. The van der Waals surface area contributed by atoms with Gasteiger partial charge in [0.1, 0.15) is 69.8 Å². The van der Waals surface area contributed by atoms with Crippen LogP contribution in [-0.4, -0.2) is 203 Å². The second-order valence-electron chi connectivity index (χ2n) is 34.4. The lowest BCUT2D eigenvalue weighted by atomic mass is 9.97. The maximum Gasteiger partial charge on any atom is 0.355 e. The second-order valence-corrected chi connectivity index (χ2v) is 34.7. The first-order chi connectivity index (χ1) is 62.7. The van der Waals surface area contributed by atoms with Crippen molar-refractivity contribution in [3.05, 3.63) is 247 Å². The van der Waals surface area contributed by atoms with E-state index >= 15 is 8.78 Å². The predicted molar refractivity (Wildman–Crippen MR) is 497 cm³/mol. The van der Waals surface area contributed by atoms with Crippen LogP contribution in [0, 0.1) is 39.3 Å². The summed E-state index contributed by atoms with van der Waals surface area (Å²) in [6.07, 6.45) is 8.92. The van der Waals surface area contributed by atoms with E-state index in [1.165, 1.54) is 27.4 Å². The van der Waals surface area contributed by atoms with Crippen molar-refractivity contribution in [2.75, 3.05) is 93.4 Å². The van der Waals surface area contributed by atoms with Crippen LogP contribution in [0.15, 0.2) is 174 Å². The van der Waals surface area contributed by atoms with Crippen molar-refractivity contribution in [2.24, 2.45) is 0 Å². The first kappa shape index (κ1) is 84.7. The number of benzene rings is 6. The van der Waals surface area contributed by atoms with E-state index in [9.17, 15) is 28.8 Å². The van der Waals surface area contributed by atoms with Gasteiger partial charge in [-0.2, -0.15) is 30.2 Å². The van der Waals surface area contributed by atoms with E-state index in [1.54, 1.807) is 37.9 Å². The summed E-state index contributed by atoms with van der Waals surface area (Å²) in [7, 11) is 0. The fraction of sp³-hybridized carbons (Fsp3) is 0.289. The highest BCUT2D eigenvalue weighted by atomic mass is 35.5. The van der Waals surface area contributed by atoms with E-state index in [0.717, 1.165) is 66.4 Å². The summed E-state index contributed by atoms with van der Waals surface area (Å²) in [4.78, 5) is 120.